The van der Waals surface area contributed by atoms with E-state index in [2.05, 4.69) is 63.5 Å². The standard InChI is InChI=1S/C36H48N4O3/c1-38-33(37)40-27-15-14-24-11-7-12-26(19-28-18-23-8-5-6-13-31(23)39-28)34(24)16-17-35(42,25-9-3-2-4-10-25)29-20-32(41)36(43,21-27)30(29)22-34/h5-6,8,12-13,18,24-25,27,29-30,32,39,41-43H,2-4,7,9-11,16-17,19-22H2,1H3,(H3,37,38,40). The summed E-state index contributed by atoms with van der Waals surface area (Å²) in [5.74, 6) is 7.35. The Bertz CT molecular complexity index is 1450. The van der Waals surface area contributed by atoms with Crippen molar-refractivity contribution in [1.29, 1.82) is 0 Å². The van der Waals surface area contributed by atoms with Gasteiger partial charge in [-0.05, 0) is 86.6 Å². The number of rotatable bonds is 4. The molecule has 7 heteroatoms. The predicted molar refractivity (Wildman–Crippen MR) is 170 cm³/mol. The lowest BCUT2D eigenvalue weighted by Gasteiger charge is -2.46. The van der Waals surface area contributed by atoms with Crippen molar-refractivity contribution in [2.45, 2.75) is 107 Å². The monoisotopic (exact) mass is 584 g/mol. The second-order valence-corrected chi connectivity index (χ2v) is 14.4. The minimum absolute atomic E-state index is 0.0930. The minimum atomic E-state index is -1.39. The van der Waals surface area contributed by atoms with E-state index in [1.165, 1.54) is 23.1 Å². The van der Waals surface area contributed by atoms with Crippen molar-refractivity contribution in [3.8, 4) is 11.8 Å². The number of aromatic nitrogens is 1. The zero-order valence-electron chi connectivity index (χ0n) is 25.5. The first-order valence-electron chi connectivity index (χ1n) is 16.6. The number of nitrogens with one attached hydrogen (secondary N) is 2. The average molecular weight is 585 g/mol. The molecule has 2 aromatic rings. The van der Waals surface area contributed by atoms with E-state index >= 15 is 0 Å². The topological polar surface area (TPSA) is 127 Å². The van der Waals surface area contributed by atoms with Gasteiger partial charge in [-0.2, -0.15) is 0 Å². The number of aromatic amines is 1. The molecule has 5 aliphatic carbocycles. The summed E-state index contributed by atoms with van der Waals surface area (Å²) >= 11 is 0. The summed E-state index contributed by atoms with van der Waals surface area (Å²) in [6, 6.07) is 10.2. The largest absolute Gasteiger partial charge is 0.390 e. The Hall–Kier alpha value is -2.79. The average Bonchev–Trinajstić information content (AvgIpc) is 3.50. The second-order valence-electron chi connectivity index (χ2n) is 14.4. The maximum absolute atomic E-state index is 12.9. The molecule has 1 aromatic heterocycles. The van der Waals surface area contributed by atoms with Gasteiger partial charge in [0.2, 0.25) is 0 Å². The molecule has 3 fully saturated rings. The summed E-state index contributed by atoms with van der Waals surface area (Å²) < 4.78 is 0. The first kappa shape index (κ1) is 29.0. The number of allylic oxidation sites excluding steroid dienone is 2. The first-order chi connectivity index (χ1) is 20.7. The molecule has 5 aliphatic rings. The van der Waals surface area contributed by atoms with Gasteiger partial charge in [-0.1, -0.05) is 61.0 Å². The highest BCUT2D eigenvalue weighted by Crippen LogP contribution is 2.64. The quantitative estimate of drug-likeness (QED) is 0.136. The fourth-order valence-electron chi connectivity index (χ4n) is 10.1. The summed E-state index contributed by atoms with van der Waals surface area (Å²) in [4.78, 5) is 7.76. The van der Waals surface area contributed by atoms with Crippen molar-refractivity contribution in [1.82, 2.24) is 10.3 Å². The van der Waals surface area contributed by atoms with Crippen LogP contribution in [0.5, 0.6) is 0 Å². The number of aliphatic hydroxyl groups excluding tert-OH is 1. The predicted octanol–water partition coefficient (Wildman–Crippen LogP) is 4.57. The molecule has 7 N–H and O–H groups in total. The number of hydrogen-bond acceptors (Lipinski definition) is 4. The highest BCUT2D eigenvalue weighted by atomic mass is 16.3. The summed E-state index contributed by atoms with van der Waals surface area (Å²) in [5, 5.41) is 41.6. The van der Waals surface area contributed by atoms with Crippen LogP contribution in [0.2, 0.25) is 0 Å². The Morgan fingerprint density at radius 1 is 1.05 bits per heavy atom. The third-order valence-electron chi connectivity index (χ3n) is 12.3. The van der Waals surface area contributed by atoms with Crippen molar-refractivity contribution in [2.24, 2.45) is 39.8 Å². The van der Waals surface area contributed by atoms with Crippen LogP contribution < -0.4 is 11.1 Å². The molecule has 1 aromatic carbocycles. The van der Waals surface area contributed by atoms with Crippen LogP contribution in [0.1, 0.15) is 82.7 Å². The van der Waals surface area contributed by atoms with E-state index in [4.69, 9.17) is 5.73 Å². The Balaban J connectivity index is 1.36. The van der Waals surface area contributed by atoms with Gasteiger partial charge < -0.3 is 31.4 Å². The fourth-order valence-corrected chi connectivity index (χ4v) is 10.1. The molecule has 1 heterocycles. The Labute approximate surface area is 255 Å². The van der Waals surface area contributed by atoms with E-state index in [0.29, 0.717) is 12.8 Å². The normalized spacial score (nSPS) is 39.9. The number of fused-ring (bicyclic) bond motifs is 1. The number of nitrogens with zero attached hydrogens (tertiary/aromatic N) is 1. The highest BCUT2D eigenvalue weighted by molar-refractivity contribution is 5.80. The molecule has 0 amide bonds. The number of nitrogens with two attached hydrogens (primary N) is 1. The van der Waals surface area contributed by atoms with E-state index in [0.717, 1.165) is 63.3 Å². The van der Waals surface area contributed by atoms with Crippen LogP contribution in [-0.2, 0) is 6.42 Å². The molecular formula is C36H48N4O3. The van der Waals surface area contributed by atoms with Gasteiger partial charge in [-0.3, -0.25) is 4.99 Å². The van der Waals surface area contributed by atoms with E-state index in [1.54, 1.807) is 7.05 Å². The number of H-pyrrole nitrogens is 1. The van der Waals surface area contributed by atoms with E-state index in [-0.39, 0.29) is 41.5 Å². The zero-order chi connectivity index (χ0) is 29.8. The lowest BCUT2D eigenvalue weighted by atomic mass is 9.58. The molecule has 7 rings (SSSR count). The van der Waals surface area contributed by atoms with E-state index in [9.17, 15) is 15.3 Å². The molecule has 2 bridgehead atoms. The Kier molecular flexibility index (Phi) is 7.39. The molecule has 0 aliphatic heterocycles. The number of aliphatic imine (C=N–C) groups is 1. The van der Waals surface area contributed by atoms with Crippen LogP contribution in [0, 0.1) is 40.9 Å². The molecule has 3 saturated carbocycles. The van der Waals surface area contributed by atoms with Crippen molar-refractivity contribution in [2.75, 3.05) is 7.05 Å². The number of aliphatic hydroxyl groups is 3. The van der Waals surface area contributed by atoms with Crippen molar-refractivity contribution >= 4 is 16.9 Å². The Morgan fingerprint density at radius 3 is 2.65 bits per heavy atom. The molecular weight excluding hydrogens is 536 g/mol. The van der Waals surface area contributed by atoms with Crippen LogP contribution in [0.15, 0.2) is 47.0 Å². The summed E-state index contributed by atoms with van der Waals surface area (Å²) in [6.45, 7) is 0. The van der Waals surface area contributed by atoms with Gasteiger partial charge in [-0.15, -0.1) is 0 Å². The SMILES string of the molecule is CN=C(N)NC1C#CC2CCC=C(Cc3cc4ccccc4[nH]3)C23CCC(O)(C2CCCCC2)C2CC(O)C(O)(C1)C2C3. The molecule has 230 valence electrons. The maximum atomic E-state index is 12.9. The molecule has 0 saturated heterocycles. The van der Waals surface area contributed by atoms with Gasteiger partial charge in [-0.25, -0.2) is 0 Å². The summed E-state index contributed by atoms with van der Waals surface area (Å²) in [5.41, 5.74) is 7.24. The smallest absolute Gasteiger partial charge is 0.189 e. The maximum Gasteiger partial charge on any atom is 0.189 e. The second kappa shape index (κ2) is 11.0. The fraction of sp³-hybridized carbons (Fsp3) is 0.639. The number of guanidine groups is 1. The first-order valence-corrected chi connectivity index (χ1v) is 16.6. The number of benzene rings is 1. The van der Waals surface area contributed by atoms with Gasteiger partial charge in [0.25, 0.3) is 0 Å². The van der Waals surface area contributed by atoms with Crippen molar-refractivity contribution < 1.29 is 15.3 Å². The van der Waals surface area contributed by atoms with E-state index in [1.807, 2.05) is 0 Å². The summed E-state index contributed by atoms with van der Waals surface area (Å²) in [6.07, 6.45) is 12.7. The zero-order valence-corrected chi connectivity index (χ0v) is 25.5. The number of para-hydroxylation sites is 1. The van der Waals surface area contributed by atoms with Gasteiger partial charge in [0, 0.05) is 42.4 Å². The van der Waals surface area contributed by atoms with Crippen molar-refractivity contribution in [3.05, 3.63) is 47.7 Å². The molecule has 8 atom stereocenters. The minimum Gasteiger partial charge on any atom is -0.390 e. The molecule has 8 unspecified atom stereocenters. The van der Waals surface area contributed by atoms with Crippen LogP contribution in [0.3, 0.4) is 0 Å². The Morgan fingerprint density at radius 2 is 1.86 bits per heavy atom. The third kappa shape index (κ3) is 4.81. The van der Waals surface area contributed by atoms with Gasteiger partial charge in [0.05, 0.1) is 23.3 Å². The van der Waals surface area contributed by atoms with Gasteiger partial charge in [0.1, 0.15) is 0 Å². The number of hydrogen-bond donors (Lipinski definition) is 6. The third-order valence-corrected chi connectivity index (χ3v) is 12.3. The highest BCUT2D eigenvalue weighted by Gasteiger charge is 2.65. The van der Waals surface area contributed by atoms with Crippen molar-refractivity contribution in [3.63, 3.8) is 0 Å². The molecule has 7 nitrogen and oxygen atoms in total. The van der Waals surface area contributed by atoms with Crippen LogP contribution in [0.25, 0.3) is 10.9 Å². The lowest BCUT2D eigenvalue weighted by molar-refractivity contribution is -0.123. The lowest BCUT2D eigenvalue weighted by Crippen LogP contribution is -2.53. The summed E-state index contributed by atoms with van der Waals surface area (Å²) in [7, 11) is 1.64. The van der Waals surface area contributed by atoms with Crippen LogP contribution in [-0.4, -0.2) is 56.7 Å². The van der Waals surface area contributed by atoms with Gasteiger partial charge in [0.15, 0.2) is 5.96 Å². The van der Waals surface area contributed by atoms with Gasteiger partial charge >= 0.3 is 0 Å². The molecule has 43 heavy (non-hydrogen) atoms. The van der Waals surface area contributed by atoms with Crippen LogP contribution in [0.4, 0.5) is 0 Å². The van der Waals surface area contributed by atoms with Crippen LogP contribution >= 0.6 is 0 Å². The van der Waals surface area contributed by atoms with E-state index < -0.39 is 23.3 Å². The molecule has 1 spiro atoms. The molecule has 0 radical (unpaired) electrons.